The van der Waals surface area contributed by atoms with Crippen LogP contribution in [0.3, 0.4) is 0 Å². The van der Waals surface area contributed by atoms with Gasteiger partial charge in [0.1, 0.15) is 5.82 Å². The zero-order valence-electron chi connectivity index (χ0n) is 10.7. The summed E-state index contributed by atoms with van der Waals surface area (Å²) in [5.41, 5.74) is 1.38. The summed E-state index contributed by atoms with van der Waals surface area (Å²) >= 11 is 6.00. The van der Waals surface area contributed by atoms with Gasteiger partial charge in [-0.2, -0.15) is 0 Å². The Morgan fingerprint density at radius 3 is 2.60 bits per heavy atom. The van der Waals surface area contributed by atoms with Gasteiger partial charge in [-0.15, -0.1) is 0 Å². The largest absolute Gasteiger partial charge is 0.479 e. The number of nitrogens with one attached hydrogen (secondary N) is 1. The van der Waals surface area contributed by atoms with Gasteiger partial charge in [-0.3, -0.25) is 0 Å². The Bertz CT molecular complexity index is 646. The number of carboxylic acids is 1. The van der Waals surface area contributed by atoms with Crippen molar-refractivity contribution in [2.45, 2.75) is 13.0 Å². The third kappa shape index (κ3) is 3.08. The predicted octanol–water partition coefficient (Wildman–Crippen LogP) is 4.03. The van der Waals surface area contributed by atoms with Crippen molar-refractivity contribution in [2.75, 3.05) is 5.32 Å². The SMILES string of the molecule is Cc1cc(C(Nc2ccccc2Cl)C(=O)O)ccc1F. The third-order valence-electron chi connectivity index (χ3n) is 2.94. The summed E-state index contributed by atoms with van der Waals surface area (Å²) in [5.74, 6) is -1.42. The molecule has 0 saturated carbocycles. The Labute approximate surface area is 121 Å². The van der Waals surface area contributed by atoms with Gasteiger partial charge >= 0.3 is 5.97 Å². The molecule has 5 heteroatoms. The molecule has 20 heavy (non-hydrogen) atoms. The van der Waals surface area contributed by atoms with Crippen molar-refractivity contribution in [2.24, 2.45) is 0 Å². The number of aliphatic carboxylic acids is 1. The molecule has 3 nitrogen and oxygen atoms in total. The first-order valence-electron chi connectivity index (χ1n) is 5.99. The van der Waals surface area contributed by atoms with Crippen molar-refractivity contribution in [3.63, 3.8) is 0 Å². The van der Waals surface area contributed by atoms with E-state index in [0.717, 1.165) is 0 Å². The number of benzene rings is 2. The van der Waals surface area contributed by atoms with Crippen LogP contribution in [0, 0.1) is 12.7 Å². The van der Waals surface area contributed by atoms with Crippen LogP contribution in [0.2, 0.25) is 5.02 Å². The van der Waals surface area contributed by atoms with Crippen LogP contribution in [0.4, 0.5) is 10.1 Å². The molecular formula is C15H13ClFNO2. The molecular weight excluding hydrogens is 281 g/mol. The molecule has 0 aromatic heterocycles. The lowest BCUT2D eigenvalue weighted by Gasteiger charge is -2.17. The normalized spacial score (nSPS) is 11.9. The van der Waals surface area contributed by atoms with Crippen LogP contribution < -0.4 is 5.32 Å². The van der Waals surface area contributed by atoms with Gasteiger partial charge in [-0.05, 0) is 36.2 Å². The van der Waals surface area contributed by atoms with Gasteiger partial charge in [0, 0.05) is 0 Å². The average Bonchev–Trinajstić information content (AvgIpc) is 2.41. The highest BCUT2D eigenvalue weighted by atomic mass is 35.5. The van der Waals surface area contributed by atoms with Crippen molar-refractivity contribution >= 4 is 23.3 Å². The maximum atomic E-state index is 13.3. The van der Waals surface area contributed by atoms with E-state index in [4.69, 9.17) is 11.6 Å². The molecule has 0 amide bonds. The fourth-order valence-electron chi connectivity index (χ4n) is 1.87. The van der Waals surface area contributed by atoms with E-state index in [2.05, 4.69) is 5.32 Å². The average molecular weight is 294 g/mol. The van der Waals surface area contributed by atoms with Crippen LogP contribution in [-0.4, -0.2) is 11.1 Å². The number of halogens is 2. The predicted molar refractivity (Wildman–Crippen MR) is 76.6 cm³/mol. The molecule has 2 aromatic rings. The molecule has 1 unspecified atom stereocenters. The fraction of sp³-hybridized carbons (Fsp3) is 0.133. The number of hydrogen-bond donors (Lipinski definition) is 2. The lowest BCUT2D eigenvalue weighted by atomic mass is 10.0. The van der Waals surface area contributed by atoms with Gasteiger partial charge < -0.3 is 10.4 Å². The molecule has 0 saturated heterocycles. The first-order chi connectivity index (χ1) is 9.49. The summed E-state index contributed by atoms with van der Waals surface area (Å²) in [6.07, 6.45) is 0. The second-order valence-electron chi connectivity index (χ2n) is 4.40. The summed E-state index contributed by atoms with van der Waals surface area (Å²) in [4.78, 5) is 11.4. The van der Waals surface area contributed by atoms with Crippen LogP contribution in [0.15, 0.2) is 42.5 Å². The lowest BCUT2D eigenvalue weighted by Crippen LogP contribution is -2.20. The van der Waals surface area contributed by atoms with E-state index < -0.39 is 12.0 Å². The molecule has 2 aromatic carbocycles. The molecule has 0 aliphatic rings. The van der Waals surface area contributed by atoms with Crippen molar-refractivity contribution in [1.82, 2.24) is 0 Å². The Balaban J connectivity index is 2.34. The highest BCUT2D eigenvalue weighted by molar-refractivity contribution is 6.33. The standard InChI is InChI=1S/C15H13ClFNO2/c1-9-8-10(6-7-12(9)17)14(15(19)20)18-13-5-3-2-4-11(13)16/h2-8,14,18H,1H3,(H,19,20). The Morgan fingerprint density at radius 2 is 2.00 bits per heavy atom. The highest BCUT2D eigenvalue weighted by Crippen LogP contribution is 2.27. The van der Waals surface area contributed by atoms with Crippen molar-refractivity contribution in [3.8, 4) is 0 Å². The van der Waals surface area contributed by atoms with Crippen molar-refractivity contribution < 1.29 is 14.3 Å². The lowest BCUT2D eigenvalue weighted by molar-refractivity contribution is -0.138. The highest BCUT2D eigenvalue weighted by Gasteiger charge is 2.21. The van der Waals surface area contributed by atoms with E-state index in [1.807, 2.05) is 0 Å². The van der Waals surface area contributed by atoms with E-state index in [1.165, 1.54) is 18.2 Å². The number of carboxylic acid groups (broad SMARTS) is 1. The van der Waals surface area contributed by atoms with Gasteiger partial charge in [-0.1, -0.05) is 35.9 Å². The number of hydrogen-bond acceptors (Lipinski definition) is 2. The molecule has 104 valence electrons. The summed E-state index contributed by atoms with van der Waals surface area (Å²) in [6.45, 7) is 1.59. The van der Waals surface area contributed by atoms with E-state index in [0.29, 0.717) is 21.8 Å². The van der Waals surface area contributed by atoms with Gasteiger partial charge in [0.05, 0.1) is 10.7 Å². The summed E-state index contributed by atoms with van der Waals surface area (Å²) in [7, 11) is 0. The van der Waals surface area contributed by atoms with Gasteiger partial charge in [0.25, 0.3) is 0 Å². The number of rotatable bonds is 4. The quantitative estimate of drug-likeness (QED) is 0.895. The zero-order chi connectivity index (χ0) is 14.7. The van der Waals surface area contributed by atoms with Gasteiger partial charge in [0.15, 0.2) is 6.04 Å². The fourth-order valence-corrected chi connectivity index (χ4v) is 2.06. The summed E-state index contributed by atoms with van der Waals surface area (Å²) < 4.78 is 13.3. The molecule has 0 aliphatic heterocycles. The molecule has 2 rings (SSSR count). The second kappa shape index (κ2) is 5.92. The number of anilines is 1. The molecule has 0 fully saturated rings. The smallest absolute Gasteiger partial charge is 0.330 e. The minimum atomic E-state index is -1.06. The van der Waals surface area contributed by atoms with Crippen LogP contribution >= 0.6 is 11.6 Å². The Kier molecular flexibility index (Phi) is 4.25. The molecule has 0 bridgehead atoms. The number of carbonyl (C=O) groups is 1. The van der Waals surface area contributed by atoms with Crippen LogP contribution in [-0.2, 0) is 4.79 Å². The maximum Gasteiger partial charge on any atom is 0.330 e. The van der Waals surface area contributed by atoms with Crippen LogP contribution in [0.25, 0.3) is 0 Å². The topological polar surface area (TPSA) is 49.3 Å². The number of para-hydroxylation sites is 1. The molecule has 1 atom stereocenters. The molecule has 2 N–H and O–H groups in total. The molecule has 0 spiro atoms. The minimum absolute atomic E-state index is 0.365. The minimum Gasteiger partial charge on any atom is -0.479 e. The molecule has 0 heterocycles. The second-order valence-corrected chi connectivity index (χ2v) is 4.81. The van der Waals surface area contributed by atoms with E-state index in [-0.39, 0.29) is 5.82 Å². The Hall–Kier alpha value is -2.07. The van der Waals surface area contributed by atoms with Gasteiger partial charge in [0.2, 0.25) is 0 Å². The monoisotopic (exact) mass is 293 g/mol. The first kappa shape index (κ1) is 14.3. The maximum absolute atomic E-state index is 13.3. The molecule has 0 aliphatic carbocycles. The zero-order valence-corrected chi connectivity index (χ0v) is 11.5. The molecule has 0 radical (unpaired) electrons. The van der Waals surface area contributed by atoms with Crippen molar-refractivity contribution in [3.05, 3.63) is 64.4 Å². The van der Waals surface area contributed by atoms with Gasteiger partial charge in [-0.25, -0.2) is 9.18 Å². The summed E-state index contributed by atoms with van der Waals surface area (Å²) in [6, 6.07) is 10.1. The number of aryl methyl sites for hydroxylation is 1. The third-order valence-corrected chi connectivity index (χ3v) is 3.27. The van der Waals surface area contributed by atoms with Crippen LogP contribution in [0.5, 0.6) is 0 Å². The van der Waals surface area contributed by atoms with E-state index >= 15 is 0 Å². The van der Waals surface area contributed by atoms with Crippen molar-refractivity contribution in [1.29, 1.82) is 0 Å². The van der Waals surface area contributed by atoms with Crippen LogP contribution in [0.1, 0.15) is 17.2 Å². The summed E-state index contributed by atoms with van der Waals surface area (Å²) in [5, 5.41) is 12.6. The Morgan fingerprint density at radius 1 is 1.30 bits per heavy atom. The first-order valence-corrected chi connectivity index (χ1v) is 6.37. The van der Waals surface area contributed by atoms with E-state index in [9.17, 15) is 14.3 Å². The van der Waals surface area contributed by atoms with E-state index in [1.54, 1.807) is 31.2 Å².